The Morgan fingerprint density at radius 1 is 0.462 bits per heavy atom. The Labute approximate surface area is 259 Å². The van der Waals surface area contributed by atoms with Crippen LogP contribution >= 0.6 is 0 Å². The molecule has 2 aromatic heterocycles. The molecule has 0 fully saturated rings. The van der Waals surface area contributed by atoms with Gasteiger partial charge in [0, 0.05) is 23.2 Å². The molecule has 39 heavy (non-hydrogen) atoms. The second-order valence-electron chi connectivity index (χ2n) is 9.14. The number of halogens is 2. The molecule has 188 valence electrons. The molecule has 0 amide bonds. The number of hydrogen-bond donors (Lipinski definition) is 0. The van der Waals surface area contributed by atoms with Crippen LogP contribution in [0.3, 0.4) is 0 Å². The first-order chi connectivity index (χ1) is 17.8. The van der Waals surface area contributed by atoms with Crippen molar-refractivity contribution in [2.75, 3.05) is 0 Å². The van der Waals surface area contributed by atoms with E-state index >= 15 is 0 Å². The van der Waals surface area contributed by atoms with Crippen LogP contribution < -0.4 is 24.8 Å². The van der Waals surface area contributed by atoms with Gasteiger partial charge in [-0.15, -0.1) is 82.2 Å². The van der Waals surface area contributed by atoms with Gasteiger partial charge in [-0.25, -0.2) is 0 Å². The fraction of sp³-hybridized carbons (Fsp3) is 0. The Morgan fingerprint density at radius 3 is 1.44 bits per heavy atom. The van der Waals surface area contributed by atoms with Crippen molar-refractivity contribution in [1.29, 1.82) is 0 Å². The summed E-state index contributed by atoms with van der Waals surface area (Å²) in [5.41, 5.74) is 4.99. The van der Waals surface area contributed by atoms with Crippen LogP contribution in [0.4, 0.5) is 0 Å². The van der Waals surface area contributed by atoms with Crippen LogP contribution in [0, 0.1) is 0 Å². The average Bonchev–Trinajstić information content (AvgIpc) is 3.72. The summed E-state index contributed by atoms with van der Waals surface area (Å²) in [4.78, 5) is 0. The monoisotopic (exact) mass is 620 g/mol. The van der Waals surface area contributed by atoms with Gasteiger partial charge >= 0.3 is 26.2 Å². The van der Waals surface area contributed by atoms with E-state index in [0.29, 0.717) is 0 Å². The van der Waals surface area contributed by atoms with E-state index in [-0.39, 0.29) is 51.0 Å². The van der Waals surface area contributed by atoms with Crippen molar-refractivity contribution in [3.63, 3.8) is 0 Å². The van der Waals surface area contributed by atoms with E-state index in [1.54, 1.807) is 0 Å². The molecular weight excluding hydrogens is 599 g/mol. The first-order valence-electron chi connectivity index (χ1n) is 12.3. The van der Waals surface area contributed by atoms with Gasteiger partial charge in [-0.1, -0.05) is 48.5 Å². The number of hydrogen-bond acceptors (Lipinski definition) is 0. The van der Waals surface area contributed by atoms with Crippen LogP contribution in [0.25, 0.3) is 54.7 Å². The van der Waals surface area contributed by atoms with Crippen molar-refractivity contribution in [3.05, 3.63) is 146 Å². The molecule has 2 heterocycles. The zero-order valence-corrected chi connectivity index (χ0v) is 25.0. The van der Waals surface area contributed by atoms with Gasteiger partial charge in [0.2, 0.25) is 0 Å². The Balaban J connectivity index is 0.000000182. The second kappa shape index (κ2) is 12.2. The van der Waals surface area contributed by atoms with Gasteiger partial charge in [-0.2, -0.15) is 0 Å². The molecule has 0 spiro atoms. The van der Waals surface area contributed by atoms with E-state index < -0.39 is 0 Å². The summed E-state index contributed by atoms with van der Waals surface area (Å²) in [5, 5.41) is 7.80. The third-order valence-corrected chi connectivity index (χ3v) is 6.95. The Kier molecular flexibility index (Phi) is 8.98. The first-order valence-corrected chi connectivity index (χ1v) is 12.3. The minimum Gasteiger partial charge on any atom is -1.00 e. The third-order valence-electron chi connectivity index (χ3n) is 6.95. The van der Waals surface area contributed by atoms with Crippen molar-refractivity contribution in [2.45, 2.75) is 0 Å². The molecule has 0 bridgehead atoms. The number of benzene rings is 4. The molecule has 5 heteroatoms. The fourth-order valence-electron chi connectivity index (χ4n) is 5.25. The van der Waals surface area contributed by atoms with Crippen LogP contribution in [0.1, 0.15) is 0 Å². The maximum Gasteiger partial charge on any atom is 4.00 e. The molecule has 0 aliphatic heterocycles. The number of rotatable bonds is 2. The van der Waals surface area contributed by atoms with Gasteiger partial charge in [-0.3, -0.25) is 0 Å². The summed E-state index contributed by atoms with van der Waals surface area (Å²) in [7, 11) is 0. The van der Waals surface area contributed by atoms with E-state index in [0.717, 1.165) is 0 Å². The first kappa shape index (κ1) is 28.6. The minimum atomic E-state index is 0. The predicted molar refractivity (Wildman–Crippen MR) is 153 cm³/mol. The molecule has 0 saturated heterocycles. The topological polar surface area (TPSA) is 9.86 Å². The number of nitrogens with zero attached hydrogens (tertiary/aromatic N) is 2. The molecule has 8 rings (SSSR count). The fourth-order valence-corrected chi connectivity index (χ4v) is 5.25. The van der Waals surface area contributed by atoms with E-state index in [1.165, 1.54) is 54.7 Å². The molecule has 0 unspecified atom stereocenters. The molecule has 0 aliphatic rings. The number of fused-ring (bicyclic) bond motifs is 5. The van der Waals surface area contributed by atoms with Gasteiger partial charge in [-0.05, 0) is 35.6 Å². The smallest absolute Gasteiger partial charge is 1.00 e. The second-order valence-corrected chi connectivity index (χ2v) is 9.14. The molecular formula is C34H24Cl2N2Zr. The molecule has 0 atom stereocenters. The van der Waals surface area contributed by atoms with Crippen LogP contribution in [0.2, 0.25) is 0 Å². The van der Waals surface area contributed by atoms with Gasteiger partial charge in [0.25, 0.3) is 0 Å². The molecule has 0 saturated carbocycles. The molecule has 6 aromatic carbocycles. The van der Waals surface area contributed by atoms with Crippen LogP contribution in [0.5, 0.6) is 0 Å². The third kappa shape index (κ3) is 5.28. The zero-order valence-electron chi connectivity index (χ0n) is 21.0. The molecule has 2 nitrogen and oxygen atoms in total. The Morgan fingerprint density at radius 2 is 0.897 bits per heavy atom. The van der Waals surface area contributed by atoms with Crippen molar-refractivity contribution in [2.24, 2.45) is 0 Å². The molecule has 0 aliphatic carbocycles. The van der Waals surface area contributed by atoms with Crippen LogP contribution in [-0.2, 0) is 26.2 Å². The minimum absolute atomic E-state index is 0. The Hall–Kier alpha value is -3.36. The number of aromatic nitrogens is 2. The zero-order chi connectivity index (χ0) is 23.9. The average molecular weight is 623 g/mol. The summed E-state index contributed by atoms with van der Waals surface area (Å²) in [5.74, 6) is 0. The maximum absolute atomic E-state index is 2.37. The summed E-state index contributed by atoms with van der Waals surface area (Å²) in [6, 6.07) is 47.3. The van der Waals surface area contributed by atoms with Gasteiger partial charge in [0.1, 0.15) is 0 Å². The predicted octanol–water partition coefficient (Wildman–Crippen LogP) is 3.01. The summed E-state index contributed by atoms with van der Waals surface area (Å²) >= 11 is 0. The van der Waals surface area contributed by atoms with Crippen molar-refractivity contribution < 1.29 is 51.0 Å². The maximum atomic E-state index is 2.37. The SMILES string of the molecule is [Cl-].[Cl-].[Zr+4].c1ccc2[cH-]c(-n3c4ccccc4c4ccccc43)cc2c1.c1ccc2[cH-]c(-n3cccc3)cc2c1. The van der Waals surface area contributed by atoms with Crippen molar-refractivity contribution in [3.8, 4) is 11.4 Å². The van der Waals surface area contributed by atoms with Crippen LogP contribution in [0.15, 0.2) is 146 Å². The molecule has 0 radical (unpaired) electrons. The van der Waals surface area contributed by atoms with E-state index in [9.17, 15) is 0 Å². The van der Waals surface area contributed by atoms with Gasteiger partial charge < -0.3 is 33.9 Å². The van der Waals surface area contributed by atoms with E-state index in [2.05, 4.69) is 143 Å². The largest absolute Gasteiger partial charge is 4.00 e. The molecule has 8 aromatic rings. The number of para-hydroxylation sites is 2. The Bertz CT molecular complexity index is 1840. The summed E-state index contributed by atoms with van der Waals surface area (Å²) < 4.78 is 4.49. The quantitative estimate of drug-likeness (QED) is 0.263. The van der Waals surface area contributed by atoms with Gasteiger partial charge in [0.05, 0.1) is 11.0 Å². The normalized spacial score (nSPS) is 10.5. The summed E-state index contributed by atoms with van der Waals surface area (Å²) in [6.45, 7) is 0. The molecule has 0 N–H and O–H groups in total. The standard InChI is InChI=1S/C21H14N.C13H10N.2ClH.Zr/c1-2-8-16-14-17(13-15(16)7-1)22-20-11-5-3-9-18(20)19-10-4-6-12-21(19)22;1-2-6-12-10-13(9-11(12)5-1)14-7-3-4-8-14;;;/h1-14H;1-10H;2*1H;/q2*-1;;;+4/p-2. The van der Waals surface area contributed by atoms with Crippen molar-refractivity contribution >= 4 is 43.4 Å². The van der Waals surface area contributed by atoms with E-state index in [1.807, 2.05) is 12.1 Å². The van der Waals surface area contributed by atoms with Crippen LogP contribution in [-0.4, -0.2) is 9.13 Å². The van der Waals surface area contributed by atoms with E-state index in [4.69, 9.17) is 0 Å². The van der Waals surface area contributed by atoms with Crippen molar-refractivity contribution in [1.82, 2.24) is 9.13 Å². The van der Waals surface area contributed by atoms with Gasteiger partial charge in [0.15, 0.2) is 0 Å². The summed E-state index contributed by atoms with van der Waals surface area (Å²) in [6.07, 6.45) is 4.13.